The van der Waals surface area contributed by atoms with Crippen LogP contribution in [0.2, 0.25) is 0 Å². The Morgan fingerprint density at radius 1 is 1.19 bits per heavy atom. The van der Waals surface area contributed by atoms with E-state index in [0.29, 0.717) is 6.54 Å². The molecule has 2 aromatic carbocycles. The van der Waals surface area contributed by atoms with Crippen molar-refractivity contribution in [2.75, 3.05) is 14.2 Å². The zero-order valence-electron chi connectivity index (χ0n) is 15.0. The number of carbonyl (C=O) groups is 1. The molecule has 0 aliphatic carbocycles. The Labute approximate surface area is 161 Å². The van der Waals surface area contributed by atoms with E-state index < -0.39 is 5.97 Å². The summed E-state index contributed by atoms with van der Waals surface area (Å²) in [4.78, 5) is 16.2. The number of aromatic nitrogens is 2. The number of rotatable bonds is 8. The second-order valence-corrected chi connectivity index (χ2v) is 7.08. The Kier molecular flexibility index (Phi) is 6.03. The standard InChI is InChI=1S/C20H20N2O4S/c1-25-15-5-8-17(18(11-15)26-2)19(12-22-10-9-21-13-22)27-16-6-3-14(4-7-16)20(23)24/h3-11,13,19H,12H2,1-2H3,(H,23,24). The topological polar surface area (TPSA) is 73.6 Å². The summed E-state index contributed by atoms with van der Waals surface area (Å²) in [5, 5.41) is 9.12. The lowest BCUT2D eigenvalue weighted by atomic mass is 10.1. The highest BCUT2D eigenvalue weighted by Crippen LogP contribution is 2.41. The van der Waals surface area contributed by atoms with Gasteiger partial charge < -0.3 is 19.1 Å². The molecule has 3 aromatic rings. The number of carboxylic acids is 1. The summed E-state index contributed by atoms with van der Waals surface area (Å²) in [5.74, 6) is 0.542. The summed E-state index contributed by atoms with van der Waals surface area (Å²) >= 11 is 1.64. The van der Waals surface area contributed by atoms with Crippen LogP contribution < -0.4 is 9.47 Å². The lowest BCUT2D eigenvalue weighted by molar-refractivity contribution is 0.0697. The van der Waals surface area contributed by atoms with Gasteiger partial charge in [0.2, 0.25) is 0 Å². The van der Waals surface area contributed by atoms with Gasteiger partial charge in [-0.25, -0.2) is 9.78 Å². The molecule has 0 radical (unpaired) electrons. The molecule has 1 N–H and O–H groups in total. The van der Waals surface area contributed by atoms with E-state index in [0.717, 1.165) is 22.0 Å². The number of carboxylic acid groups (broad SMARTS) is 1. The van der Waals surface area contributed by atoms with Crippen LogP contribution in [0, 0.1) is 0 Å². The minimum absolute atomic E-state index is 0.0377. The van der Waals surface area contributed by atoms with E-state index in [1.54, 1.807) is 50.6 Å². The van der Waals surface area contributed by atoms with E-state index in [2.05, 4.69) is 4.98 Å². The number of thioether (sulfide) groups is 1. The quantitative estimate of drug-likeness (QED) is 0.589. The number of hydrogen-bond donors (Lipinski definition) is 1. The predicted octanol–water partition coefficient (Wildman–Crippen LogP) is 4.13. The molecule has 27 heavy (non-hydrogen) atoms. The highest BCUT2D eigenvalue weighted by Gasteiger charge is 2.19. The molecule has 0 saturated carbocycles. The molecule has 1 unspecified atom stereocenters. The fourth-order valence-electron chi connectivity index (χ4n) is 2.71. The molecule has 0 amide bonds. The molecule has 0 aliphatic rings. The third-order valence-electron chi connectivity index (χ3n) is 4.10. The maximum Gasteiger partial charge on any atom is 0.335 e. The molecule has 1 atom stereocenters. The van der Waals surface area contributed by atoms with Crippen LogP contribution in [0.1, 0.15) is 21.2 Å². The minimum atomic E-state index is -0.932. The normalized spacial score (nSPS) is 11.8. The van der Waals surface area contributed by atoms with E-state index in [1.807, 2.05) is 41.1 Å². The van der Waals surface area contributed by atoms with E-state index in [1.165, 1.54) is 0 Å². The number of ether oxygens (including phenoxy) is 2. The molecule has 1 aromatic heterocycles. The van der Waals surface area contributed by atoms with Crippen molar-refractivity contribution in [3.63, 3.8) is 0 Å². The Hall–Kier alpha value is -2.93. The first-order valence-corrected chi connectivity index (χ1v) is 9.16. The molecule has 1 heterocycles. The molecule has 7 heteroatoms. The fourth-order valence-corrected chi connectivity index (χ4v) is 3.90. The van der Waals surface area contributed by atoms with Crippen LogP contribution in [0.4, 0.5) is 0 Å². The maximum atomic E-state index is 11.1. The number of hydrogen-bond acceptors (Lipinski definition) is 5. The Morgan fingerprint density at radius 3 is 2.56 bits per heavy atom. The van der Waals surface area contributed by atoms with Crippen LogP contribution in [-0.4, -0.2) is 34.8 Å². The zero-order chi connectivity index (χ0) is 19.2. The molecule has 140 valence electrons. The Morgan fingerprint density at radius 2 is 1.96 bits per heavy atom. The number of methoxy groups -OCH3 is 2. The average molecular weight is 384 g/mol. The molecule has 0 fully saturated rings. The van der Waals surface area contributed by atoms with Gasteiger partial charge in [-0.1, -0.05) is 6.07 Å². The summed E-state index contributed by atoms with van der Waals surface area (Å²) in [5.41, 5.74) is 1.30. The first-order chi connectivity index (χ1) is 13.1. The smallest absolute Gasteiger partial charge is 0.335 e. The molecular formula is C20H20N2O4S. The molecule has 0 saturated heterocycles. The van der Waals surface area contributed by atoms with Gasteiger partial charge in [-0.05, 0) is 30.3 Å². The molecule has 0 aliphatic heterocycles. The van der Waals surface area contributed by atoms with Gasteiger partial charge in [-0.3, -0.25) is 0 Å². The van der Waals surface area contributed by atoms with Gasteiger partial charge in [0, 0.05) is 35.5 Å². The van der Waals surface area contributed by atoms with E-state index in [-0.39, 0.29) is 10.8 Å². The van der Waals surface area contributed by atoms with Crippen LogP contribution in [0.3, 0.4) is 0 Å². The van der Waals surface area contributed by atoms with Crippen LogP contribution in [0.25, 0.3) is 0 Å². The van der Waals surface area contributed by atoms with Crippen molar-refractivity contribution >= 4 is 17.7 Å². The number of nitrogens with zero attached hydrogens (tertiary/aromatic N) is 2. The van der Waals surface area contributed by atoms with Crippen LogP contribution >= 0.6 is 11.8 Å². The molecule has 0 spiro atoms. The van der Waals surface area contributed by atoms with Gasteiger partial charge in [0.15, 0.2) is 0 Å². The third kappa shape index (κ3) is 4.62. The zero-order valence-corrected chi connectivity index (χ0v) is 15.8. The third-order valence-corrected chi connectivity index (χ3v) is 5.33. The highest BCUT2D eigenvalue weighted by molar-refractivity contribution is 7.99. The highest BCUT2D eigenvalue weighted by atomic mass is 32.2. The lowest BCUT2D eigenvalue weighted by Crippen LogP contribution is -2.07. The van der Waals surface area contributed by atoms with Crippen LogP contribution in [0.5, 0.6) is 11.5 Å². The first kappa shape index (κ1) is 18.8. The van der Waals surface area contributed by atoms with Crippen molar-refractivity contribution in [3.05, 3.63) is 72.3 Å². The molecule has 3 rings (SSSR count). The number of aromatic carboxylic acids is 1. The Bertz CT molecular complexity index is 895. The van der Waals surface area contributed by atoms with E-state index in [9.17, 15) is 4.79 Å². The molecule has 6 nitrogen and oxygen atoms in total. The number of benzene rings is 2. The van der Waals surface area contributed by atoms with E-state index in [4.69, 9.17) is 14.6 Å². The summed E-state index contributed by atoms with van der Waals surface area (Å²) in [7, 11) is 3.26. The van der Waals surface area contributed by atoms with Gasteiger partial charge in [0.1, 0.15) is 11.5 Å². The van der Waals surface area contributed by atoms with Crippen molar-refractivity contribution in [2.45, 2.75) is 16.7 Å². The Balaban J connectivity index is 1.92. The summed E-state index contributed by atoms with van der Waals surface area (Å²) in [6, 6.07) is 12.7. The summed E-state index contributed by atoms with van der Waals surface area (Å²) < 4.78 is 12.9. The van der Waals surface area contributed by atoms with Crippen molar-refractivity contribution in [1.29, 1.82) is 0 Å². The van der Waals surface area contributed by atoms with Gasteiger partial charge in [-0.15, -0.1) is 11.8 Å². The van der Waals surface area contributed by atoms with Gasteiger partial charge in [-0.2, -0.15) is 0 Å². The summed E-state index contributed by atoms with van der Waals surface area (Å²) in [6.07, 6.45) is 5.43. The fraction of sp³-hybridized carbons (Fsp3) is 0.200. The van der Waals surface area contributed by atoms with Gasteiger partial charge >= 0.3 is 5.97 Å². The first-order valence-electron chi connectivity index (χ1n) is 8.28. The average Bonchev–Trinajstić information content (AvgIpc) is 3.20. The predicted molar refractivity (Wildman–Crippen MR) is 104 cm³/mol. The summed E-state index contributed by atoms with van der Waals surface area (Å²) in [6.45, 7) is 0.689. The maximum absolute atomic E-state index is 11.1. The molecule has 0 bridgehead atoms. The second kappa shape index (κ2) is 8.64. The van der Waals surface area contributed by atoms with Crippen LogP contribution in [0.15, 0.2) is 66.1 Å². The van der Waals surface area contributed by atoms with Crippen molar-refractivity contribution in [3.8, 4) is 11.5 Å². The van der Waals surface area contributed by atoms with Gasteiger partial charge in [0.25, 0.3) is 0 Å². The minimum Gasteiger partial charge on any atom is -0.497 e. The van der Waals surface area contributed by atoms with Crippen LogP contribution in [-0.2, 0) is 6.54 Å². The van der Waals surface area contributed by atoms with Crippen molar-refractivity contribution in [2.24, 2.45) is 0 Å². The monoisotopic (exact) mass is 384 g/mol. The number of imidazole rings is 1. The van der Waals surface area contributed by atoms with Crippen molar-refractivity contribution < 1.29 is 19.4 Å². The van der Waals surface area contributed by atoms with Crippen molar-refractivity contribution in [1.82, 2.24) is 9.55 Å². The second-order valence-electron chi connectivity index (χ2n) is 5.80. The van der Waals surface area contributed by atoms with Gasteiger partial charge in [0.05, 0.1) is 31.4 Å². The van der Waals surface area contributed by atoms with E-state index >= 15 is 0 Å². The SMILES string of the molecule is COc1ccc(C(Cn2ccnc2)Sc2ccc(C(=O)O)cc2)c(OC)c1. The largest absolute Gasteiger partial charge is 0.497 e. The molecular weight excluding hydrogens is 364 g/mol. The lowest BCUT2D eigenvalue weighted by Gasteiger charge is -2.21.